The standard InChI is InChI=1S/C14H21N3OS/c15-13-16-11(10-19-13)9-12(18)17-7-5-14(6-8-17)3-1-2-4-14/h10H,1-9H2,(H2,15,16). The van der Waals surface area contributed by atoms with E-state index in [9.17, 15) is 4.79 Å². The van der Waals surface area contributed by atoms with Gasteiger partial charge in [-0.2, -0.15) is 0 Å². The third-order valence-corrected chi connectivity index (χ3v) is 5.47. The lowest BCUT2D eigenvalue weighted by Crippen LogP contribution is -2.42. The summed E-state index contributed by atoms with van der Waals surface area (Å²) in [6, 6.07) is 0. The Bertz CT molecular complexity index is 455. The smallest absolute Gasteiger partial charge is 0.228 e. The SMILES string of the molecule is Nc1nc(CC(=O)N2CCC3(CCCC3)CC2)cs1. The summed E-state index contributed by atoms with van der Waals surface area (Å²) >= 11 is 1.40. The van der Waals surface area contributed by atoms with E-state index in [4.69, 9.17) is 5.73 Å². The summed E-state index contributed by atoms with van der Waals surface area (Å²) < 4.78 is 0. The summed E-state index contributed by atoms with van der Waals surface area (Å²) in [6.07, 6.45) is 8.30. The summed E-state index contributed by atoms with van der Waals surface area (Å²) in [7, 11) is 0. The normalized spacial score (nSPS) is 22.0. The van der Waals surface area contributed by atoms with Gasteiger partial charge in [-0.1, -0.05) is 12.8 Å². The largest absolute Gasteiger partial charge is 0.375 e. The van der Waals surface area contributed by atoms with Crippen LogP contribution in [-0.4, -0.2) is 28.9 Å². The molecule has 5 heteroatoms. The molecule has 0 radical (unpaired) electrons. The topological polar surface area (TPSA) is 59.2 Å². The molecule has 2 fully saturated rings. The zero-order valence-electron chi connectivity index (χ0n) is 11.2. The average molecular weight is 279 g/mol. The molecule has 19 heavy (non-hydrogen) atoms. The van der Waals surface area contributed by atoms with Gasteiger partial charge in [-0.3, -0.25) is 4.79 Å². The summed E-state index contributed by atoms with van der Waals surface area (Å²) in [5.41, 5.74) is 6.98. The van der Waals surface area contributed by atoms with Crippen molar-refractivity contribution in [2.75, 3.05) is 18.8 Å². The number of piperidine rings is 1. The molecule has 2 N–H and O–H groups in total. The van der Waals surface area contributed by atoms with Crippen LogP contribution < -0.4 is 5.73 Å². The van der Waals surface area contributed by atoms with Gasteiger partial charge in [0.2, 0.25) is 5.91 Å². The molecule has 3 rings (SSSR count). The van der Waals surface area contributed by atoms with E-state index in [2.05, 4.69) is 4.98 Å². The van der Waals surface area contributed by atoms with E-state index in [1.165, 1.54) is 49.9 Å². The first kappa shape index (κ1) is 12.9. The van der Waals surface area contributed by atoms with Crippen molar-refractivity contribution in [3.05, 3.63) is 11.1 Å². The Labute approximate surface area is 118 Å². The van der Waals surface area contributed by atoms with E-state index in [1.54, 1.807) is 0 Å². The van der Waals surface area contributed by atoms with Crippen LogP contribution in [0.2, 0.25) is 0 Å². The molecule has 1 amide bonds. The zero-order valence-corrected chi connectivity index (χ0v) is 12.0. The van der Waals surface area contributed by atoms with Gasteiger partial charge < -0.3 is 10.6 Å². The minimum atomic E-state index is 0.207. The molecule has 0 aromatic carbocycles. The number of hydrogen-bond acceptors (Lipinski definition) is 4. The first-order valence-corrected chi connectivity index (χ1v) is 8.03. The van der Waals surface area contributed by atoms with Gasteiger partial charge in [0.25, 0.3) is 0 Å². The highest BCUT2D eigenvalue weighted by Gasteiger charge is 2.37. The lowest BCUT2D eigenvalue weighted by Gasteiger charge is -2.39. The zero-order chi connectivity index (χ0) is 13.3. The van der Waals surface area contributed by atoms with Gasteiger partial charge in [0.15, 0.2) is 5.13 Å². The van der Waals surface area contributed by atoms with Crippen LogP contribution in [0.4, 0.5) is 5.13 Å². The molecule has 0 bridgehead atoms. The molecule has 1 saturated heterocycles. The number of thiazole rings is 1. The Kier molecular flexibility index (Phi) is 3.48. The quantitative estimate of drug-likeness (QED) is 0.904. The van der Waals surface area contributed by atoms with Gasteiger partial charge in [-0.25, -0.2) is 4.98 Å². The molecule has 1 spiro atoms. The van der Waals surface area contributed by atoms with E-state index in [0.29, 0.717) is 17.0 Å². The number of carbonyl (C=O) groups excluding carboxylic acids is 1. The number of likely N-dealkylation sites (tertiary alicyclic amines) is 1. The summed E-state index contributed by atoms with van der Waals surface area (Å²) in [5.74, 6) is 0.207. The number of nitrogens with zero attached hydrogens (tertiary/aromatic N) is 2. The third kappa shape index (κ3) is 2.76. The van der Waals surface area contributed by atoms with E-state index >= 15 is 0 Å². The molecular weight excluding hydrogens is 258 g/mol. The fraction of sp³-hybridized carbons (Fsp3) is 0.714. The minimum absolute atomic E-state index is 0.207. The second-order valence-corrected chi connectivity index (χ2v) is 6.83. The van der Waals surface area contributed by atoms with Gasteiger partial charge in [-0.15, -0.1) is 11.3 Å². The van der Waals surface area contributed by atoms with Gasteiger partial charge in [0.05, 0.1) is 12.1 Å². The van der Waals surface area contributed by atoms with E-state index in [-0.39, 0.29) is 5.91 Å². The number of anilines is 1. The predicted molar refractivity (Wildman–Crippen MR) is 76.9 cm³/mol. The molecule has 2 heterocycles. The monoisotopic (exact) mass is 279 g/mol. The first-order chi connectivity index (χ1) is 9.17. The van der Waals surface area contributed by atoms with Crippen LogP contribution in [0, 0.1) is 5.41 Å². The molecule has 4 nitrogen and oxygen atoms in total. The van der Waals surface area contributed by atoms with Crippen LogP contribution in [0.3, 0.4) is 0 Å². The van der Waals surface area contributed by atoms with Crippen molar-refractivity contribution < 1.29 is 4.79 Å². The van der Waals surface area contributed by atoms with Gasteiger partial charge in [-0.05, 0) is 31.1 Å². The summed E-state index contributed by atoms with van der Waals surface area (Å²) in [5, 5.41) is 2.43. The van der Waals surface area contributed by atoms with Crippen molar-refractivity contribution in [3.63, 3.8) is 0 Å². The lowest BCUT2D eigenvalue weighted by molar-refractivity contribution is -0.132. The fourth-order valence-electron chi connectivity index (χ4n) is 3.53. The molecule has 104 valence electrons. The Morgan fingerprint density at radius 3 is 2.58 bits per heavy atom. The van der Waals surface area contributed by atoms with Crippen LogP contribution >= 0.6 is 11.3 Å². The van der Waals surface area contributed by atoms with Crippen LogP contribution in [0.25, 0.3) is 0 Å². The van der Waals surface area contributed by atoms with Crippen LogP contribution in [0.15, 0.2) is 5.38 Å². The Hall–Kier alpha value is -1.10. The molecule has 0 atom stereocenters. The highest BCUT2D eigenvalue weighted by Crippen LogP contribution is 2.46. The molecule has 1 aromatic rings. The van der Waals surface area contributed by atoms with E-state index in [0.717, 1.165) is 18.8 Å². The molecule has 1 aliphatic heterocycles. The number of carbonyl (C=O) groups is 1. The molecular formula is C14H21N3OS. The number of nitrogens with two attached hydrogens (primary N) is 1. The number of aromatic nitrogens is 1. The number of rotatable bonds is 2. The van der Waals surface area contributed by atoms with Crippen molar-refractivity contribution in [1.82, 2.24) is 9.88 Å². The molecule has 1 aliphatic carbocycles. The Morgan fingerprint density at radius 1 is 1.32 bits per heavy atom. The predicted octanol–water partition coefficient (Wildman–Crippen LogP) is 2.45. The van der Waals surface area contributed by atoms with Crippen LogP contribution in [-0.2, 0) is 11.2 Å². The van der Waals surface area contributed by atoms with Crippen molar-refractivity contribution >= 4 is 22.4 Å². The number of hydrogen-bond donors (Lipinski definition) is 1. The molecule has 1 aromatic heterocycles. The van der Waals surface area contributed by atoms with E-state index in [1.807, 2.05) is 10.3 Å². The second-order valence-electron chi connectivity index (χ2n) is 5.94. The van der Waals surface area contributed by atoms with Crippen LogP contribution in [0.1, 0.15) is 44.2 Å². The lowest BCUT2D eigenvalue weighted by atomic mass is 9.77. The molecule has 2 aliphatic rings. The highest BCUT2D eigenvalue weighted by atomic mass is 32.1. The Morgan fingerprint density at radius 2 is 2.00 bits per heavy atom. The summed E-state index contributed by atoms with van der Waals surface area (Å²) in [4.78, 5) is 18.4. The average Bonchev–Trinajstić information content (AvgIpc) is 3.00. The van der Waals surface area contributed by atoms with Crippen molar-refractivity contribution in [1.29, 1.82) is 0 Å². The van der Waals surface area contributed by atoms with Gasteiger partial charge in [0.1, 0.15) is 0 Å². The Balaban J connectivity index is 1.54. The summed E-state index contributed by atoms with van der Waals surface area (Å²) in [6.45, 7) is 1.86. The maximum atomic E-state index is 12.2. The highest BCUT2D eigenvalue weighted by molar-refractivity contribution is 7.13. The number of nitrogen functional groups attached to an aromatic ring is 1. The van der Waals surface area contributed by atoms with Gasteiger partial charge in [0, 0.05) is 18.5 Å². The molecule has 1 saturated carbocycles. The maximum Gasteiger partial charge on any atom is 0.228 e. The first-order valence-electron chi connectivity index (χ1n) is 7.15. The second kappa shape index (κ2) is 5.12. The van der Waals surface area contributed by atoms with Crippen molar-refractivity contribution in [3.8, 4) is 0 Å². The fourth-order valence-corrected chi connectivity index (χ4v) is 4.09. The number of amides is 1. The maximum absolute atomic E-state index is 12.2. The van der Waals surface area contributed by atoms with Crippen molar-refractivity contribution in [2.45, 2.75) is 44.9 Å². The van der Waals surface area contributed by atoms with E-state index < -0.39 is 0 Å². The van der Waals surface area contributed by atoms with Crippen LogP contribution in [0.5, 0.6) is 0 Å². The molecule has 0 unspecified atom stereocenters. The minimum Gasteiger partial charge on any atom is -0.375 e. The third-order valence-electron chi connectivity index (χ3n) is 4.74. The van der Waals surface area contributed by atoms with Gasteiger partial charge >= 0.3 is 0 Å². The van der Waals surface area contributed by atoms with Crippen molar-refractivity contribution in [2.24, 2.45) is 5.41 Å².